The van der Waals surface area contributed by atoms with Gasteiger partial charge in [0.15, 0.2) is 11.5 Å². The molecule has 2 rings (SSSR count). The second kappa shape index (κ2) is 8.65. The molecule has 0 atom stereocenters. The Labute approximate surface area is 143 Å². The van der Waals surface area contributed by atoms with Gasteiger partial charge >= 0.3 is 6.36 Å². The summed E-state index contributed by atoms with van der Waals surface area (Å²) < 4.78 is 52.2. The van der Waals surface area contributed by atoms with Gasteiger partial charge in [-0.05, 0) is 23.8 Å². The Hall–Kier alpha value is -2.12. The van der Waals surface area contributed by atoms with E-state index < -0.39 is 6.36 Å². The average molecular weight is 364 g/mol. The molecule has 0 unspecified atom stereocenters. The fourth-order valence-corrected chi connectivity index (χ4v) is 2.04. The van der Waals surface area contributed by atoms with Crippen LogP contribution in [0.1, 0.15) is 0 Å². The maximum Gasteiger partial charge on any atom is 0.573 e. The van der Waals surface area contributed by atoms with Gasteiger partial charge < -0.3 is 19.9 Å². The van der Waals surface area contributed by atoms with Crippen molar-refractivity contribution in [2.75, 3.05) is 20.3 Å². The Morgan fingerprint density at radius 2 is 1.71 bits per heavy atom. The number of methoxy groups -OCH3 is 1. The van der Waals surface area contributed by atoms with Gasteiger partial charge in [-0.2, -0.15) is 0 Å². The minimum atomic E-state index is -4.76. The molecule has 0 aliphatic heterocycles. The van der Waals surface area contributed by atoms with E-state index in [-0.39, 0.29) is 18.2 Å². The molecule has 24 heavy (non-hydrogen) atoms. The zero-order chi connectivity index (χ0) is 16.9. The lowest BCUT2D eigenvalue weighted by atomic mass is 10.0. The van der Waals surface area contributed by atoms with Crippen LogP contribution in [0, 0.1) is 0 Å². The second-order valence-corrected chi connectivity index (χ2v) is 4.55. The number of benzene rings is 2. The van der Waals surface area contributed by atoms with Crippen LogP contribution in [0.25, 0.3) is 11.1 Å². The first kappa shape index (κ1) is 19.9. The van der Waals surface area contributed by atoms with E-state index in [0.717, 1.165) is 0 Å². The molecule has 0 aliphatic carbocycles. The zero-order valence-electron chi connectivity index (χ0n) is 12.8. The van der Waals surface area contributed by atoms with Crippen LogP contribution in [-0.2, 0) is 0 Å². The Balaban J connectivity index is 0.00000288. The predicted molar refractivity (Wildman–Crippen MR) is 86.9 cm³/mol. The highest BCUT2D eigenvalue weighted by Crippen LogP contribution is 2.38. The van der Waals surface area contributed by atoms with E-state index >= 15 is 0 Å². The highest BCUT2D eigenvalue weighted by Gasteiger charge is 2.32. The van der Waals surface area contributed by atoms with Crippen molar-refractivity contribution >= 4 is 12.4 Å². The van der Waals surface area contributed by atoms with Crippen LogP contribution in [-0.4, -0.2) is 26.6 Å². The van der Waals surface area contributed by atoms with Gasteiger partial charge in [-0.3, -0.25) is 0 Å². The highest BCUT2D eigenvalue weighted by atomic mass is 35.5. The lowest BCUT2D eigenvalue weighted by Gasteiger charge is -2.15. The quantitative estimate of drug-likeness (QED) is 0.842. The Morgan fingerprint density at radius 3 is 2.33 bits per heavy atom. The Bertz CT molecular complexity index is 665. The molecule has 0 heterocycles. The van der Waals surface area contributed by atoms with Crippen molar-refractivity contribution in [1.82, 2.24) is 0 Å². The minimum Gasteiger partial charge on any atom is -0.493 e. The lowest BCUT2D eigenvalue weighted by molar-refractivity contribution is -0.274. The highest BCUT2D eigenvalue weighted by molar-refractivity contribution is 5.85. The number of halogens is 4. The predicted octanol–water partition coefficient (Wildman–Crippen LogP) is 4.02. The summed E-state index contributed by atoms with van der Waals surface area (Å²) in [6.45, 7) is 0.649. The summed E-state index contributed by atoms with van der Waals surface area (Å²) in [6, 6.07) is 10.7. The summed E-state index contributed by atoms with van der Waals surface area (Å²) in [5, 5.41) is 0. The van der Waals surface area contributed by atoms with E-state index in [1.54, 1.807) is 24.3 Å². The van der Waals surface area contributed by atoms with Crippen LogP contribution >= 0.6 is 12.4 Å². The van der Waals surface area contributed by atoms with Crippen LogP contribution in [0.4, 0.5) is 13.2 Å². The summed E-state index contributed by atoms with van der Waals surface area (Å²) in [5.74, 6) is 0.589. The second-order valence-electron chi connectivity index (χ2n) is 4.55. The number of hydrogen-bond acceptors (Lipinski definition) is 4. The third-order valence-electron chi connectivity index (χ3n) is 2.96. The molecule has 2 aromatic carbocycles. The third kappa shape index (κ3) is 5.21. The number of nitrogens with two attached hydrogens (primary N) is 1. The SMILES string of the molecule is COc1cc(-c2ccccc2OC(F)(F)F)ccc1OCCN.Cl. The Morgan fingerprint density at radius 1 is 1.00 bits per heavy atom. The monoisotopic (exact) mass is 363 g/mol. The molecule has 0 bridgehead atoms. The molecule has 2 aromatic rings. The molecule has 0 spiro atoms. The maximum absolute atomic E-state index is 12.5. The van der Waals surface area contributed by atoms with Crippen LogP contribution < -0.4 is 19.9 Å². The van der Waals surface area contributed by atoms with Gasteiger partial charge in [-0.15, -0.1) is 25.6 Å². The molecule has 4 nitrogen and oxygen atoms in total. The van der Waals surface area contributed by atoms with Gasteiger partial charge in [-0.1, -0.05) is 24.3 Å². The lowest BCUT2D eigenvalue weighted by Crippen LogP contribution is -2.17. The summed E-state index contributed by atoms with van der Waals surface area (Å²) in [6.07, 6.45) is -4.76. The molecule has 0 fully saturated rings. The molecular weight excluding hydrogens is 347 g/mol. The van der Waals surface area contributed by atoms with Gasteiger partial charge in [0, 0.05) is 12.1 Å². The number of para-hydroxylation sites is 1. The van der Waals surface area contributed by atoms with Crippen molar-refractivity contribution in [3.8, 4) is 28.4 Å². The van der Waals surface area contributed by atoms with E-state index in [1.807, 2.05) is 0 Å². The molecule has 132 valence electrons. The van der Waals surface area contributed by atoms with E-state index in [2.05, 4.69) is 4.74 Å². The van der Waals surface area contributed by atoms with Gasteiger partial charge in [0.1, 0.15) is 12.4 Å². The molecule has 0 radical (unpaired) electrons. The normalized spacial score (nSPS) is 10.7. The largest absolute Gasteiger partial charge is 0.573 e. The molecule has 0 saturated heterocycles. The first-order valence-corrected chi connectivity index (χ1v) is 6.80. The van der Waals surface area contributed by atoms with E-state index in [4.69, 9.17) is 15.2 Å². The van der Waals surface area contributed by atoms with Crippen LogP contribution in [0.3, 0.4) is 0 Å². The maximum atomic E-state index is 12.5. The van der Waals surface area contributed by atoms with E-state index in [0.29, 0.717) is 35.8 Å². The topological polar surface area (TPSA) is 53.7 Å². The fourth-order valence-electron chi connectivity index (χ4n) is 2.04. The standard InChI is InChI=1S/C16H16F3NO3.ClH/c1-21-15-10-11(6-7-14(15)22-9-8-20)12-4-2-3-5-13(12)23-16(17,18)19;/h2-7,10H,8-9,20H2,1H3;1H. The number of rotatable bonds is 6. The van der Waals surface area contributed by atoms with Gasteiger partial charge in [0.05, 0.1) is 7.11 Å². The van der Waals surface area contributed by atoms with Gasteiger partial charge in [0.2, 0.25) is 0 Å². The molecule has 0 aliphatic rings. The van der Waals surface area contributed by atoms with Crippen molar-refractivity contribution in [3.05, 3.63) is 42.5 Å². The fraction of sp³-hybridized carbons (Fsp3) is 0.250. The molecule has 0 amide bonds. The summed E-state index contributed by atoms with van der Waals surface area (Å²) in [4.78, 5) is 0. The zero-order valence-corrected chi connectivity index (χ0v) is 13.6. The molecular formula is C16H17ClF3NO3. The van der Waals surface area contributed by atoms with Crippen LogP contribution in [0.15, 0.2) is 42.5 Å². The Kier molecular flexibility index (Phi) is 7.18. The summed E-state index contributed by atoms with van der Waals surface area (Å²) >= 11 is 0. The number of alkyl halides is 3. The van der Waals surface area contributed by atoms with Crippen LogP contribution in [0.2, 0.25) is 0 Å². The van der Waals surface area contributed by atoms with Gasteiger partial charge in [-0.25, -0.2) is 0 Å². The molecule has 8 heteroatoms. The van der Waals surface area contributed by atoms with Crippen molar-refractivity contribution in [3.63, 3.8) is 0 Å². The first-order valence-electron chi connectivity index (χ1n) is 6.80. The van der Waals surface area contributed by atoms with E-state index in [9.17, 15) is 13.2 Å². The minimum absolute atomic E-state index is 0. The molecule has 2 N–H and O–H groups in total. The van der Waals surface area contributed by atoms with Crippen LogP contribution in [0.5, 0.6) is 17.2 Å². The summed E-state index contributed by atoms with van der Waals surface area (Å²) in [7, 11) is 1.45. The molecule has 0 saturated carbocycles. The third-order valence-corrected chi connectivity index (χ3v) is 2.96. The average Bonchev–Trinajstić information content (AvgIpc) is 2.52. The molecule has 0 aromatic heterocycles. The smallest absolute Gasteiger partial charge is 0.493 e. The van der Waals surface area contributed by atoms with E-state index in [1.165, 1.54) is 25.3 Å². The number of hydrogen-bond donors (Lipinski definition) is 1. The van der Waals surface area contributed by atoms with Crippen molar-refractivity contribution in [2.24, 2.45) is 5.73 Å². The van der Waals surface area contributed by atoms with Crippen molar-refractivity contribution in [1.29, 1.82) is 0 Å². The van der Waals surface area contributed by atoms with Crippen molar-refractivity contribution < 1.29 is 27.4 Å². The number of ether oxygens (including phenoxy) is 3. The first-order chi connectivity index (χ1) is 10.9. The summed E-state index contributed by atoms with van der Waals surface area (Å²) in [5.41, 5.74) is 6.19. The van der Waals surface area contributed by atoms with Gasteiger partial charge in [0.25, 0.3) is 0 Å². The van der Waals surface area contributed by atoms with Crippen molar-refractivity contribution in [2.45, 2.75) is 6.36 Å².